The van der Waals surface area contributed by atoms with Crippen LogP contribution in [0.3, 0.4) is 0 Å². The lowest BCUT2D eigenvalue weighted by molar-refractivity contribution is -0.0788. The molecule has 1 N–H and O–H groups in total. The second-order valence-corrected chi connectivity index (χ2v) is 7.01. The van der Waals surface area contributed by atoms with Crippen LogP contribution in [0.4, 0.5) is 0 Å². The second-order valence-electron chi connectivity index (χ2n) is 7.01. The molecule has 0 bridgehead atoms. The Kier molecular flexibility index (Phi) is 8.79. The predicted molar refractivity (Wildman–Crippen MR) is 88.2 cm³/mol. The predicted octanol–water partition coefficient (Wildman–Crippen LogP) is 4.92. The van der Waals surface area contributed by atoms with E-state index in [9.17, 15) is 0 Å². The van der Waals surface area contributed by atoms with Crippen molar-refractivity contribution in [1.82, 2.24) is 5.32 Å². The largest absolute Gasteiger partial charge is 0.374 e. The van der Waals surface area contributed by atoms with E-state index in [-0.39, 0.29) is 5.60 Å². The molecule has 0 aromatic carbocycles. The Balaban J connectivity index is 2.43. The minimum atomic E-state index is 0.127. The number of hydrogen-bond acceptors (Lipinski definition) is 2. The first-order valence-electron chi connectivity index (χ1n) is 8.99. The highest BCUT2D eigenvalue weighted by atomic mass is 16.5. The highest BCUT2D eigenvalue weighted by Gasteiger charge is 2.35. The van der Waals surface area contributed by atoms with E-state index in [1.165, 1.54) is 57.8 Å². The number of hydrogen-bond donors (Lipinski definition) is 1. The summed E-state index contributed by atoms with van der Waals surface area (Å²) >= 11 is 0. The van der Waals surface area contributed by atoms with E-state index >= 15 is 0 Å². The molecule has 0 atom stereocenters. The van der Waals surface area contributed by atoms with Gasteiger partial charge in [0.2, 0.25) is 0 Å². The van der Waals surface area contributed by atoms with E-state index in [0.717, 1.165) is 19.1 Å². The summed E-state index contributed by atoms with van der Waals surface area (Å²) in [5.41, 5.74) is 0.127. The van der Waals surface area contributed by atoms with Crippen LogP contribution in [-0.4, -0.2) is 24.8 Å². The molecule has 0 heterocycles. The van der Waals surface area contributed by atoms with Crippen molar-refractivity contribution in [1.29, 1.82) is 0 Å². The topological polar surface area (TPSA) is 21.3 Å². The molecule has 20 heavy (non-hydrogen) atoms. The van der Waals surface area contributed by atoms with Gasteiger partial charge in [0.1, 0.15) is 0 Å². The van der Waals surface area contributed by atoms with Crippen molar-refractivity contribution in [3.63, 3.8) is 0 Å². The van der Waals surface area contributed by atoms with E-state index in [4.69, 9.17) is 4.74 Å². The van der Waals surface area contributed by atoms with Crippen LogP contribution in [0.1, 0.15) is 85.5 Å². The quantitative estimate of drug-likeness (QED) is 0.575. The first-order chi connectivity index (χ1) is 9.62. The Morgan fingerprint density at radius 3 is 2.35 bits per heavy atom. The van der Waals surface area contributed by atoms with Gasteiger partial charge in [-0.1, -0.05) is 53.4 Å². The van der Waals surface area contributed by atoms with Gasteiger partial charge < -0.3 is 10.1 Å². The van der Waals surface area contributed by atoms with Gasteiger partial charge >= 0.3 is 0 Å². The van der Waals surface area contributed by atoms with Gasteiger partial charge in [-0.25, -0.2) is 0 Å². The third-order valence-corrected chi connectivity index (χ3v) is 4.70. The summed E-state index contributed by atoms with van der Waals surface area (Å²) in [7, 11) is 0. The number of nitrogens with one attached hydrogen (secondary N) is 1. The van der Waals surface area contributed by atoms with Crippen molar-refractivity contribution < 1.29 is 4.74 Å². The Bertz CT molecular complexity index is 226. The first kappa shape index (κ1) is 18.0. The maximum Gasteiger partial charge on any atom is 0.0806 e. The lowest BCUT2D eigenvalue weighted by Gasteiger charge is -2.41. The van der Waals surface area contributed by atoms with E-state index in [1.54, 1.807) is 0 Å². The fraction of sp³-hybridized carbons (Fsp3) is 1.00. The van der Waals surface area contributed by atoms with Gasteiger partial charge in [0.15, 0.2) is 0 Å². The number of ether oxygens (including phenoxy) is 1. The lowest BCUT2D eigenvalue weighted by Crippen LogP contribution is -2.47. The third kappa shape index (κ3) is 6.58. The van der Waals surface area contributed by atoms with Crippen molar-refractivity contribution in [2.75, 3.05) is 13.2 Å². The SMILES string of the molecule is CCCCCOC1(CNC(C)C)CCC(CCC)CC1. The Morgan fingerprint density at radius 1 is 1.10 bits per heavy atom. The Hall–Kier alpha value is -0.0800. The van der Waals surface area contributed by atoms with E-state index in [2.05, 4.69) is 33.0 Å². The minimum Gasteiger partial charge on any atom is -0.374 e. The molecule has 1 aliphatic carbocycles. The summed E-state index contributed by atoms with van der Waals surface area (Å²) in [6, 6.07) is 0.555. The van der Waals surface area contributed by atoms with Crippen LogP contribution in [-0.2, 0) is 4.74 Å². The molecule has 120 valence electrons. The molecule has 0 aromatic rings. The summed E-state index contributed by atoms with van der Waals surface area (Å²) in [5, 5.41) is 3.62. The zero-order valence-corrected chi connectivity index (χ0v) is 14.3. The molecule has 2 nitrogen and oxygen atoms in total. The normalized spacial score (nSPS) is 27.1. The smallest absolute Gasteiger partial charge is 0.0806 e. The standard InChI is InChI=1S/C18H37NO/c1-5-7-8-14-20-18(15-19-16(3)4)12-10-17(9-6-2)11-13-18/h16-17,19H,5-15H2,1-4H3. The Morgan fingerprint density at radius 2 is 1.80 bits per heavy atom. The van der Waals surface area contributed by atoms with Crippen molar-refractivity contribution in [2.45, 2.75) is 97.1 Å². The molecule has 1 saturated carbocycles. The van der Waals surface area contributed by atoms with Gasteiger partial charge in [-0.3, -0.25) is 0 Å². The van der Waals surface area contributed by atoms with Gasteiger partial charge in [-0.15, -0.1) is 0 Å². The molecule has 0 aromatic heterocycles. The van der Waals surface area contributed by atoms with E-state index in [1.807, 2.05) is 0 Å². The Labute approximate surface area is 127 Å². The number of unbranched alkanes of at least 4 members (excludes halogenated alkanes) is 2. The molecule has 0 aliphatic heterocycles. The highest BCUT2D eigenvalue weighted by molar-refractivity contribution is 4.89. The first-order valence-corrected chi connectivity index (χ1v) is 8.99. The summed E-state index contributed by atoms with van der Waals surface area (Å²) < 4.78 is 6.39. The molecule has 1 fully saturated rings. The van der Waals surface area contributed by atoms with Crippen molar-refractivity contribution >= 4 is 0 Å². The number of rotatable bonds is 10. The van der Waals surface area contributed by atoms with Gasteiger partial charge in [0.25, 0.3) is 0 Å². The van der Waals surface area contributed by atoms with Crippen LogP contribution in [0, 0.1) is 5.92 Å². The second kappa shape index (κ2) is 9.78. The molecule has 0 unspecified atom stereocenters. The molecule has 0 saturated heterocycles. The molecule has 2 heteroatoms. The van der Waals surface area contributed by atoms with Gasteiger partial charge in [-0.2, -0.15) is 0 Å². The third-order valence-electron chi connectivity index (χ3n) is 4.70. The molecular weight excluding hydrogens is 246 g/mol. The van der Waals surface area contributed by atoms with Crippen LogP contribution in [0.5, 0.6) is 0 Å². The minimum absolute atomic E-state index is 0.127. The summed E-state index contributed by atoms with van der Waals surface area (Å²) in [4.78, 5) is 0. The van der Waals surface area contributed by atoms with Gasteiger partial charge in [-0.05, 0) is 38.0 Å². The zero-order valence-electron chi connectivity index (χ0n) is 14.3. The van der Waals surface area contributed by atoms with Crippen LogP contribution in [0.2, 0.25) is 0 Å². The van der Waals surface area contributed by atoms with E-state index < -0.39 is 0 Å². The average molecular weight is 284 g/mol. The van der Waals surface area contributed by atoms with Crippen LogP contribution < -0.4 is 5.32 Å². The van der Waals surface area contributed by atoms with Crippen molar-refractivity contribution in [3.8, 4) is 0 Å². The van der Waals surface area contributed by atoms with Crippen molar-refractivity contribution in [2.24, 2.45) is 5.92 Å². The van der Waals surface area contributed by atoms with Gasteiger partial charge in [0.05, 0.1) is 5.60 Å². The van der Waals surface area contributed by atoms with Crippen molar-refractivity contribution in [3.05, 3.63) is 0 Å². The molecule has 1 aliphatic rings. The molecule has 0 amide bonds. The maximum absolute atomic E-state index is 6.39. The lowest BCUT2D eigenvalue weighted by atomic mass is 9.77. The molecular formula is C18H37NO. The summed E-state index contributed by atoms with van der Waals surface area (Å²) in [6.07, 6.45) is 11.8. The van der Waals surface area contributed by atoms with Crippen LogP contribution >= 0.6 is 0 Å². The van der Waals surface area contributed by atoms with E-state index in [0.29, 0.717) is 6.04 Å². The fourth-order valence-electron chi connectivity index (χ4n) is 3.30. The summed E-state index contributed by atoms with van der Waals surface area (Å²) in [6.45, 7) is 11.0. The maximum atomic E-state index is 6.39. The highest BCUT2D eigenvalue weighted by Crippen LogP contribution is 2.36. The zero-order chi connectivity index (χ0) is 14.8. The van der Waals surface area contributed by atoms with Gasteiger partial charge in [0, 0.05) is 19.2 Å². The summed E-state index contributed by atoms with van der Waals surface area (Å²) in [5.74, 6) is 0.950. The van der Waals surface area contributed by atoms with Crippen LogP contribution in [0.25, 0.3) is 0 Å². The molecule has 0 spiro atoms. The average Bonchev–Trinajstić information content (AvgIpc) is 2.44. The molecule has 1 rings (SSSR count). The molecule has 0 radical (unpaired) electrons. The fourth-order valence-corrected chi connectivity index (χ4v) is 3.30. The van der Waals surface area contributed by atoms with Crippen LogP contribution in [0.15, 0.2) is 0 Å². The monoisotopic (exact) mass is 283 g/mol.